The molecule has 0 radical (unpaired) electrons. The maximum Gasteiger partial charge on any atom is 0.268 e. The fourth-order valence-electron chi connectivity index (χ4n) is 3.62. The Balaban J connectivity index is 1.53. The summed E-state index contributed by atoms with van der Waals surface area (Å²) in [6.45, 7) is 2.60. The van der Waals surface area contributed by atoms with Gasteiger partial charge in [0.05, 0.1) is 29.1 Å². The van der Waals surface area contributed by atoms with E-state index in [1.54, 1.807) is 34.5 Å². The summed E-state index contributed by atoms with van der Waals surface area (Å²) < 4.78 is 7.00. The molecule has 0 fully saturated rings. The van der Waals surface area contributed by atoms with E-state index >= 15 is 0 Å². The molecular weight excluding hydrogens is 478 g/mol. The minimum absolute atomic E-state index is 0.0234. The number of aryl methyl sites for hydroxylation is 1. The standard InChI is InChI=1S/C24H24ClN3O3S2/c1-15-12-19-22(33-15)23(30)28(11-10-16-6-4-3-5-7-16)24(27-19)32-14-21(29)26-18-13-17(25)8-9-20(18)31-2/h3-9,13,15H,10-12,14H2,1-2H3,(H,26,29)/t15-/m1/s1. The summed E-state index contributed by atoms with van der Waals surface area (Å²) in [5, 5.41) is 4.22. The number of rotatable bonds is 8. The lowest BCUT2D eigenvalue weighted by Gasteiger charge is -2.14. The number of carbonyl (C=O) groups is 1. The van der Waals surface area contributed by atoms with Crippen LogP contribution in [-0.2, 0) is 24.2 Å². The summed E-state index contributed by atoms with van der Waals surface area (Å²) in [5.74, 6) is 0.404. The minimum Gasteiger partial charge on any atom is -0.495 e. The smallest absolute Gasteiger partial charge is 0.268 e. The monoisotopic (exact) mass is 501 g/mol. The summed E-state index contributed by atoms with van der Waals surface area (Å²) in [6.07, 6.45) is 1.47. The molecule has 1 aliphatic heterocycles. The van der Waals surface area contributed by atoms with Crippen molar-refractivity contribution in [3.8, 4) is 5.75 Å². The van der Waals surface area contributed by atoms with Gasteiger partial charge in [-0.1, -0.05) is 60.6 Å². The topological polar surface area (TPSA) is 73.2 Å². The quantitative estimate of drug-likeness (QED) is 0.349. The second kappa shape index (κ2) is 10.7. The lowest BCUT2D eigenvalue weighted by atomic mass is 10.1. The fourth-order valence-corrected chi connectivity index (χ4v) is 5.75. The van der Waals surface area contributed by atoms with Crippen molar-refractivity contribution >= 4 is 46.7 Å². The molecule has 1 aliphatic rings. The van der Waals surface area contributed by atoms with Gasteiger partial charge in [-0.25, -0.2) is 4.98 Å². The zero-order chi connectivity index (χ0) is 23.4. The van der Waals surface area contributed by atoms with Crippen molar-refractivity contribution in [2.75, 3.05) is 18.2 Å². The number of nitrogens with one attached hydrogen (secondary N) is 1. The van der Waals surface area contributed by atoms with E-state index in [4.69, 9.17) is 21.3 Å². The highest BCUT2D eigenvalue weighted by molar-refractivity contribution is 8.00. The van der Waals surface area contributed by atoms with E-state index in [1.165, 1.54) is 18.9 Å². The van der Waals surface area contributed by atoms with E-state index in [9.17, 15) is 9.59 Å². The molecule has 2 heterocycles. The van der Waals surface area contributed by atoms with Gasteiger partial charge in [0.15, 0.2) is 5.16 Å². The van der Waals surface area contributed by atoms with E-state index in [0.29, 0.717) is 39.8 Å². The molecule has 1 aromatic heterocycles. The van der Waals surface area contributed by atoms with Gasteiger partial charge in [-0.3, -0.25) is 14.2 Å². The number of methoxy groups -OCH3 is 1. The van der Waals surface area contributed by atoms with E-state index in [1.807, 2.05) is 30.3 Å². The Morgan fingerprint density at radius 1 is 1.30 bits per heavy atom. The van der Waals surface area contributed by atoms with Crippen molar-refractivity contribution < 1.29 is 9.53 Å². The van der Waals surface area contributed by atoms with Crippen LogP contribution in [0.4, 0.5) is 5.69 Å². The maximum absolute atomic E-state index is 13.3. The highest BCUT2D eigenvalue weighted by Gasteiger charge is 2.26. The number of amides is 1. The van der Waals surface area contributed by atoms with Gasteiger partial charge >= 0.3 is 0 Å². The molecule has 1 atom stereocenters. The Kier molecular flexibility index (Phi) is 7.67. The number of anilines is 1. The van der Waals surface area contributed by atoms with Gasteiger partial charge in [0.2, 0.25) is 5.91 Å². The molecule has 1 N–H and O–H groups in total. The molecular formula is C24H24ClN3O3S2. The van der Waals surface area contributed by atoms with Gasteiger partial charge in [0.25, 0.3) is 5.56 Å². The van der Waals surface area contributed by atoms with Gasteiger partial charge in [-0.05, 0) is 30.2 Å². The predicted octanol–water partition coefficient (Wildman–Crippen LogP) is 4.92. The first-order valence-corrected chi connectivity index (χ1v) is 12.8. The highest BCUT2D eigenvalue weighted by Crippen LogP contribution is 2.34. The van der Waals surface area contributed by atoms with Crippen LogP contribution in [0.25, 0.3) is 0 Å². The molecule has 4 rings (SSSR count). The zero-order valence-corrected chi connectivity index (χ0v) is 20.7. The first-order chi connectivity index (χ1) is 15.9. The summed E-state index contributed by atoms with van der Waals surface area (Å²) in [7, 11) is 1.53. The SMILES string of the molecule is COc1ccc(Cl)cc1NC(=O)CSc1nc2c(c(=O)n1CCc1ccccc1)S[C@H](C)C2. The Morgan fingerprint density at radius 3 is 2.85 bits per heavy atom. The van der Waals surface area contributed by atoms with Crippen LogP contribution in [0, 0.1) is 0 Å². The number of aromatic nitrogens is 2. The average molecular weight is 502 g/mol. The lowest BCUT2D eigenvalue weighted by molar-refractivity contribution is -0.113. The molecule has 2 aromatic carbocycles. The number of halogens is 1. The molecule has 0 saturated carbocycles. The molecule has 33 heavy (non-hydrogen) atoms. The molecule has 0 bridgehead atoms. The van der Waals surface area contributed by atoms with Crippen molar-refractivity contribution in [3.05, 3.63) is 75.2 Å². The van der Waals surface area contributed by atoms with Crippen LogP contribution in [-0.4, -0.2) is 33.6 Å². The molecule has 0 unspecified atom stereocenters. The average Bonchev–Trinajstić information content (AvgIpc) is 3.18. The Bertz CT molecular complexity index is 1220. The maximum atomic E-state index is 13.3. The highest BCUT2D eigenvalue weighted by atomic mass is 35.5. The second-order valence-corrected chi connectivity index (χ2v) is 10.5. The van der Waals surface area contributed by atoms with Crippen molar-refractivity contribution in [1.82, 2.24) is 9.55 Å². The van der Waals surface area contributed by atoms with Crippen LogP contribution in [0.2, 0.25) is 5.02 Å². The van der Waals surface area contributed by atoms with Crippen LogP contribution >= 0.6 is 35.1 Å². The van der Waals surface area contributed by atoms with Crippen molar-refractivity contribution in [2.24, 2.45) is 0 Å². The van der Waals surface area contributed by atoms with E-state index in [2.05, 4.69) is 12.2 Å². The number of ether oxygens (including phenoxy) is 1. The summed E-state index contributed by atoms with van der Waals surface area (Å²) in [5.41, 5.74) is 2.45. The fraction of sp³-hybridized carbons (Fsp3) is 0.292. The number of hydrogen-bond donors (Lipinski definition) is 1. The predicted molar refractivity (Wildman–Crippen MR) is 135 cm³/mol. The Morgan fingerprint density at radius 2 is 2.09 bits per heavy atom. The van der Waals surface area contributed by atoms with Gasteiger partial charge < -0.3 is 10.1 Å². The lowest BCUT2D eigenvalue weighted by Crippen LogP contribution is -2.27. The molecule has 1 amide bonds. The van der Waals surface area contributed by atoms with Crippen LogP contribution in [0.15, 0.2) is 63.4 Å². The van der Waals surface area contributed by atoms with Crippen LogP contribution < -0.4 is 15.6 Å². The van der Waals surface area contributed by atoms with Crippen LogP contribution in [0.3, 0.4) is 0 Å². The molecule has 3 aromatic rings. The van der Waals surface area contributed by atoms with Gasteiger partial charge in [-0.15, -0.1) is 11.8 Å². The number of thioether (sulfide) groups is 2. The molecule has 0 spiro atoms. The largest absolute Gasteiger partial charge is 0.495 e. The van der Waals surface area contributed by atoms with Gasteiger partial charge in [-0.2, -0.15) is 0 Å². The third-order valence-electron chi connectivity index (χ3n) is 5.20. The van der Waals surface area contributed by atoms with Crippen molar-refractivity contribution in [2.45, 2.75) is 41.6 Å². The Labute approximate surface area is 206 Å². The second-order valence-electron chi connectivity index (χ2n) is 7.68. The Hall–Kier alpha value is -2.42. The van der Waals surface area contributed by atoms with E-state index < -0.39 is 0 Å². The zero-order valence-electron chi connectivity index (χ0n) is 18.3. The van der Waals surface area contributed by atoms with Crippen molar-refractivity contribution in [1.29, 1.82) is 0 Å². The normalized spacial score (nSPS) is 14.7. The molecule has 9 heteroatoms. The van der Waals surface area contributed by atoms with E-state index in [0.717, 1.165) is 22.6 Å². The van der Waals surface area contributed by atoms with Gasteiger partial charge in [0.1, 0.15) is 5.75 Å². The molecule has 0 aliphatic carbocycles. The van der Waals surface area contributed by atoms with Gasteiger partial charge in [0, 0.05) is 23.2 Å². The first kappa shape index (κ1) is 23.7. The van der Waals surface area contributed by atoms with Crippen LogP contribution in [0.5, 0.6) is 5.75 Å². The number of hydrogen-bond acceptors (Lipinski definition) is 6. The summed E-state index contributed by atoms with van der Waals surface area (Å²) in [4.78, 5) is 31.5. The minimum atomic E-state index is -0.229. The number of nitrogens with zero attached hydrogens (tertiary/aromatic N) is 2. The molecule has 172 valence electrons. The van der Waals surface area contributed by atoms with Crippen LogP contribution in [0.1, 0.15) is 18.2 Å². The van der Waals surface area contributed by atoms with E-state index in [-0.39, 0.29) is 17.2 Å². The number of carbonyl (C=O) groups excluding carboxylic acids is 1. The third-order valence-corrected chi connectivity index (χ3v) is 7.62. The summed E-state index contributed by atoms with van der Waals surface area (Å²) in [6, 6.07) is 15.1. The first-order valence-electron chi connectivity index (χ1n) is 10.5. The summed E-state index contributed by atoms with van der Waals surface area (Å²) >= 11 is 8.91. The molecule has 6 nitrogen and oxygen atoms in total. The number of fused-ring (bicyclic) bond motifs is 1. The third kappa shape index (κ3) is 5.75. The van der Waals surface area contributed by atoms with Crippen molar-refractivity contribution in [3.63, 3.8) is 0 Å². The molecule has 0 saturated heterocycles. The number of benzene rings is 2.